The van der Waals surface area contributed by atoms with Gasteiger partial charge in [-0.3, -0.25) is 0 Å². The molecule has 0 amide bonds. The van der Waals surface area contributed by atoms with Crippen molar-refractivity contribution in [2.24, 2.45) is 0 Å². The van der Waals surface area contributed by atoms with E-state index in [0.717, 1.165) is 0 Å². The maximum Gasteiger partial charge on any atom is -0.0102 e. The van der Waals surface area contributed by atoms with E-state index in [1.807, 2.05) is 0 Å². The molecule has 0 unspecified atom stereocenters. The molecule has 0 heteroatoms. The zero-order valence-electron chi connectivity index (χ0n) is 12.4. The molecule has 1 aromatic carbocycles. The molecule has 0 aliphatic heterocycles. The van der Waals surface area contributed by atoms with Gasteiger partial charge >= 0.3 is 0 Å². The second-order valence-electron chi connectivity index (χ2n) is 5.81. The summed E-state index contributed by atoms with van der Waals surface area (Å²) in [6.07, 6.45) is 0. The molecule has 20 heavy (non-hydrogen) atoms. The lowest BCUT2D eigenvalue weighted by molar-refractivity contribution is 0.869. The molecule has 0 saturated carbocycles. The minimum Gasteiger partial charge on any atom is -0.0622 e. The van der Waals surface area contributed by atoms with Crippen molar-refractivity contribution in [2.75, 3.05) is 0 Å². The number of hydrogen-bond donors (Lipinski definition) is 0. The van der Waals surface area contributed by atoms with Crippen molar-refractivity contribution < 1.29 is 0 Å². The van der Waals surface area contributed by atoms with Gasteiger partial charge in [0.2, 0.25) is 0 Å². The van der Waals surface area contributed by atoms with Crippen molar-refractivity contribution in [3.63, 3.8) is 0 Å². The Labute approximate surface area is 121 Å². The van der Waals surface area contributed by atoms with Gasteiger partial charge in [-0.05, 0) is 46.2 Å². The fourth-order valence-electron chi connectivity index (χ4n) is 2.74. The molecule has 2 aliphatic carbocycles. The molecule has 100 valence electrons. The molecule has 1 aromatic rings. The molecular formula is C20H20. The summed E-state index contributed by atoms with van der Waals surface area (Å²) >= 11 is 0. The quantitative estimate of drug-likeness (QED) is 0.539. The van der Waals surface area contributed by atoms with Gasteiger partial charge in [0.1, 0.15) is 0 Å². The molecule has 0 spiro atoms. The van der Waals surface area contributed by atoms with Gasteiger partial charge in [-0.15, -0.1) is 0 Å². The minimum absolute atomic E-state index is 0.537. The molecule has 2 aliphatic rings. The molecule has 0 atom stereocenters. The first-order valence-electron chi connectivity index (χ1n) is 7.25. The monoisotopic (exact) mass is 260 g/mol. The Hall–Kier alpha value is -2.08. The van der Waals surface area contributed by atoms with Crippen molar-refractivity contribution in [3.8, 4) is 22.3 Å². The highest BCUT2D eigenvalue weighted by molar-refractivity contribution is 5.85. The molecule has 0 bridgehead atoms. The topological polar surface area (TPSA) is 0 Å². The fourth-order valence-corrected chi connectivity index (χ4v) is 2.74. The van der Waals surface area contributed by atoms with Crippen LogP contribution in [-0.2, 0) is 0 Å². The third kappa shape index (κ3) is 2.34. The number of fused-ring (bicyclic) bond motifs is 1. The molecule has 0 heterocycles. The van der Waals surface area contributed by atoms with E-state index in [-0.39, 0.29) is 0 Å². The molecule has 3 rings (SSSR count). The summed E-state index contributed by atoms with van der Waals surface area (Å²) in [5.41, 5.74) is 8.02. The van der Waals surface area contributed by atoms with Crippen LogP contribution in [0.3, 0.4) is 0 Å². The van der Waals surface area contributed by atoms with Gasteiger partial charge in [-0.1, -0.05) is 74.5 Å². The van der Waals surface area contributed by atoms with E-state index in [1.54, 1.807) is 0 Å². The van der Waals surface area contributed by atoms with Gasteiger partial charge in [0, 0.05) is 0 Å². The van der Waals surface area contributed by atoms with E-state index in [0.29, 0.717) is 5.92 Å². The van der Waals surface area contributed by atoms with Crippen molar-refractivity contribution in [3.05, 3.63) is 71.8 Å². The maximum atomic E-state index is 2.35. The Kier molecular flexibility index (Phi) is 3.31. The third-order valence-corrected chi connectivity index (χ3v) is 3.87. The first kappa shape index (κ1) is 12.9. The van der Waals surface area contributed by atoms with Crippen molar-refractivity contribution in [2.45, 2.75) is 26.7 Å². The highest BCUT2D eigenvalue weighted by Gasteiger charge is 2.12. The van der Waals surface area contributed by atoms with Crippen LogP contribution < -0.4 is 0 Å². The van der Waals surface area contributed by atoms with Crippen LogP contribution in [-0.4, -0.2) is 0 Å². The molecule has 0 aromatic heterocycles. The summed E-state index contributed by atoms with van der Waals surface area (Å²) < 4.78 is 0. The van der Waals surface area contributed by atoms with Crippen LogP contribution in [0.25, 0.3) is 22.3 Å². The fraction of sp³-hybridized carbons (Fsp3) is 0.200. The SMILES string of the molecule is Cc1cc2ccc(C(C)C)cc(-c3ccccc3)c-2c1. The van der Waals surface area contributed by atoms with Gasteiger partial charge in [-0.2, -0.15) is 0 Å². The lowest BCUT2D eigenvalue weighted by Gasteiger charge is -2.07. The maximum absolute atomic E-state index is 2.35. The van der Waals surface area contributed by atoms with Crippen LogP contribution in [0.4, 0.5) is 0 Å². The van der Waals surface area contributed by atoms with Crippen LogP contribution in [0.2, 0.25) is 0 Å². The molecule has 0 N–H and O–H groups in total. The smallest absolute Gasteiger partial charge is 0.0102 e. The first-order valence-corrected chi connectivity index (χ1v) is 7.25. The zero-order valence-corrected chi connectivity index (χ0v) is 12.4. The molecule has 0 radical (unpaired) electrons. The van der Waals surface area contributed by atoms with E-state index in [2.05, 4.69) is 81.4 Å². The Morgan fingerprint density at radius 1 is 0.700 bits per heavy atom. The van der Waals surface area contributed by atoms with Crippen molar-refractivity contribution in [1.82, 2.24) is 0 Å². The van der Waals surface area contributed by atoms with Crippen LogP contribution in [0.1, 0.15) is 30.9 Å². The van der Waals surface area contributed by atoms with Crippen LogP contribution in [0.15, 0.2) is 60.7 Å². The minimum atomic E-state index is 0.537. The van der Waals surface area contributed by atoms with Gasteiger partial charge in [0.15, 0.2) is 0 Å². The molecule has 0 fully saturated rings. The van der Waals surface area contributed by atoms with E-state index < -0.39 is 0 Å². The molecule has 0 saturated heterocycles. The Morgan fingerprint density at radius 3 is 2.10 bits per heavy atom. The summed E-state index contributed by atoms with van der Waals surface area (Å²) in [7, 11) is 0. The standard InChI is InChI=1S/C20H20/c1-14(2)17-9-10-18-11-15(3)12-19(18)20(13-17)16-7-5-4-6-8-16/h4-14H,1-3H3. The average molecular weight is 260 g/mol. The second-order valence-corrected chi connectivity index (χ2v) is 5.81. The molecule has 0 nitrogen and oxygen atoms in total. The highest BCUT2D eigenvalue weighted by Crippen LogP contribution is 2.36. The van der Waals surface area contributed by atoms with E-state index in [9.17, 15) is 0 Å². The molecular weight excluding hydrogens is 240 g/mol. The Balaban J connectivity index is 2.31. The Bertz CT molecular complexity index is 693. The summed E-state index contributed by atoms with van der Waals surface area (Å²) in [6.45, 7) is 6.66. The van der Waals surface area contributed by atoms with Gasteiger partial charge < -0.3 is 0 Å². The van der Waals surface area contributed by atoms with Crippen LogP contribution in [0, 0.1) is 6.92 Å². The Morgan fingerprint density at radius 2 is 1.40 bits per heavy atom. The second kappa shape index (κ2) is 5.13. The zero-order chi connectivity index (χ0) is 14.1. The number of rotatable bonds is 2. The number of aryl methyl sites for hydroxylation is 1. The van der Waals surface area contributed by atoms with Crippen molar-refractivity contribution in [1.29, 1.82) is 0 Å². The van der Waals surface area contributed by atoms with Crippen LogP contribution in [0.5, 0.6) is 0 Å². The van der Waals surface area contributed by atoms with Crippen molar-refractivity contribution >= 4 is 0 Å². The van der Waals surface area contributed by atoms with E-state index in [1.165, 1.54) is 33.4 Å². The van der Waals surface area contributed by atoms with E-state index >= 15 is 0 Å². The lowest BCUT2D eigenvalue weighted by Crippen LogP contribution is -1.85. The number of hydrogen-bond acceptors (Lipinski definition) is 0. The average Bonchev–Trinajstić information content (AvgIpc) is 2.71. The largest absolute Gasteiger partial charge is 0.0622 e. The summed E-state index contributed by atoms with van der Waals surface area (Å²) in [5.74, 6) is 0.537. The predicted octanol–water partition coefficient (Wildman–Crippen LogP) is 5.89. The van der Waals surface area contributed by atoms with Gasteiger partial charge in [0.25, 0.3) is 0 Å². The highest BCUT2D eigenvalue weighted by atomic mass is 14.2. The van der Waals surface area contributed by atoms with Crippen LogP contribution >= 0.6 is 0 Å². The first-order chi connectivity index (χ1) is 9.65. The van der Waals surface area contributed by atoms with E-state index in [4.69, 9.17) is 0 Å². The third-order valence-electron chi connectivity index (χ3n) is 3.87. The lowest BCUT2D eigenvalue weighted by atomic mass is 9.98. The van der Waals surface area contributed by atoms with Gasteiger partial charge in [0.05, 0.1) is 0 Å². The predicted molar refractivity (Wildman–Crippen MR) is 87.3 cm³/mol. The normalized spacial score (nSPS) is 11.2. The summed E-state index contributed by atoms with van der Waals surface area (Å²) in [6, 6.07) is 22.1. The summed E-state index contributed by atoms with van der Waals surface area (Å²) in [4.78, 5) is 0. The van der Waals surface area contributed by atoms with Gasteiger partial charge in [-0.25, -0.2) is 0 Å². The summed E-state index contributed by atoms with van der Waals surface area (Å²) in [5, 5.41) is 0. The number of benzene rings is 1.